The summed E-state index contributed by atoms with van der Waals surface area (Å²) in [5, 5.41) is 0. The van der Waals surface area contributed by atoms with Crippen molar-refractivity contribution >= 4 is 0 Å². The van der Waals surface area contributed by atoms with Gasteiger partial charge in [0.2, 0.25) is 0 Å². The van der Waals surface area contributed by atoms with Crippen LogP contribution < -0.4 is 5.73 Å². The second-order valence-corrected chi connectivity index (χ2v) is 6.10. The summed E-state index contributed by atoms with van der Waals surface area (Å²) in [6.07, 6.45) is 3.86. The Morgan fingerprint density at radius 3 is 2.20 bits per heavy atom. The van der Waals surface area contributed by atoms with E-state index in [0.717, 1.165) is 18.9 Å². The first-order chi connectivity index (χ1) is 6.95. The van der Waals surface area contributed by atoms with Crippen molar-refractivity contribution in [3.63, 3.8) is 0 Å². The molecule has 0 aromatic rings. The Bertz CT molecular complexity index is 175. The number of likely N-dealkylation sites (tertiary alicyclic amines) is 1. The lowest BCUT2D eigenvalue weighted by Crippen LogP contribution is -2.43. The van der Waals surface area contributed by atoms with E-state index in [0.29, 0.717) is 11.5 Å². The number of rotatable bonds is 3. The number of nitrogens with two attached hydrogens (primary N) is 1. The summed E-state index contributed by atoms with van der Waals surface area (Å²) in [6.45, 7) is 12.8. The van der Waals surface area contributed by atoms with Crippen LogP contribution in [0, 0.1) is 11.3 Å². The highest BCUT2D eigenvalue weighted by Crippen LogP contribution is 2.34. The van der Waals surface area contributed by atoms with E-state index in [2.05, 4.69) is 32.6 Å². The Morgan fingerprint density at radius 1 is 1.27 bits per heavy atom. The van der Waals surface area contributed by atoms with Gasteiger partial charge in [0, 0.05) is 6.04 Å². The predicted octanol–water partition coefficient (Wildman–Crippen LogP) is 2.48. The molecule has 1 rings (SSSR count). The van der Waals surface area contributed by atoms with Crippen molar-refractivity contribution in [2.75, 3.05) is 19.6 Å². The van der Waals surface area contributed by atoms with E-state index >= 15 is 0 Å². The van der Waals surface area contributed by atoms with Crippen LogP contribution in [-0.4, -0.2) is 30.6 Å². The van der Waals surface area contributed by atoms with Crippen molar-refractivity contribution in [1.29, 1.82) is 0 Å². The third-order valence-electron chi connectivity index (χ3n) is 3.96. The Labute approximate surface area is 95.2 Å². The van der Waals surface area contributed by atoms with Crippen molar-refractivity contribution in [2.45, 2.75) is 53.0 Å². The lowest BCUT2D eigenvalue weighted by atomic mass is 9.75. The summed E-state index contributed by atoms with van der Waals surface area (Å²) >= 11 is 0. The average Bonchev–Trinajstić information content (AvgIpc) is 2.17. The van der Waals surface area contributed by atoms with Crippen molar-refractivity contribution in [2.24, 2.45) is 17.1 Å². The molecule has 1 aliphatic rings. The van der Waals surface area contributed by atoms with Gasteiger partial charge < -0.3 is 10.6 Å². The van der Waals surface area contributed by atoms with E-state index in [1.807, 2.05) is 0 Å². The van der Waals surface area contributed by atoms with Gasteiger partial charge in [-0.15, -0.1) is 0 Å². The highest BCUT2D eigenvalue weighted by atomic mass is 15.2. The minimum absolute atomic E-state index is 0.489. The summed E-state index contributed by atoms with van der Waals surface area (Å²) < 4.78 is 0. The lowest BCUT2D eigenvalue weighted by molar-refractivity contribution is 0.0858. The smallest absolute Gasteiger partial charge is 0.00789 e. The molecule has 0 aliphatic carbocycles. The average molecular weight is 212 g/mol. The fraction of sp³-hybridized carbons (Fsp3) is 1.00. The summed E-state index contributed by atoms with van der Waals surface area (Å²) in [6, 6.07) is 0.677. The molecule has 1 atom stereocenters. The van der Waals surface area contributed by atoms with Crippen LogP contribution in [0.2, 0.25) is 0 Å². The van der Waals surface area contributed by atoms with Gasteiger partial charge in [-0.05, 0) is 57.2 Å². The van der Waals surface area contributed by atoms with Gasteiger partial charge in [-0.1, -0.05) is 20.8 Å². The molecule has 0 aromatic heterocycles. The van der Waals surface area contributed by atoms with Crippen LogP contribution in [0.4, 0.5) is 0 Å². The fourth-order valence-electron chi connectivity index (χ4n) is 2.63. The zero-order valence-electron chi connectivity index (χ0n) is 10.9. The maximum absolute atomic E-state index is 5.61. The third kappa shape index (κ3) is 3.76. The van der Waals surface area contributed by atoms with Crippen molar-refractivity contribution < 1.29 is 0 Å². The Morgan fingerprint density at radius 2 is 1.80 bits per heavy atom. The molecule has 2 nitrogen and oxygen atoms in total. The Hall–Kier alpha value is -0.0800. The number of nitrogens with zero attached hydrogens (tertiary/aromatic N) is 1. The molecule has 0 spiro atoms. The largest absolute Gasteiger partial charge is 0.330 e. The molecule has 0 bridgehead atoms. The topological polar surface area (TPSA) is 29.3 Å². The van der Waals surface area contributed by atoms with E-state index < -0.39 is 0 Å². The number of hydrogen-bond acceptors (Lipinski definition) is 2. The zero-order valence-corrected chi connectivity index (χ0v) is 10.9. The van der Waals surface area contributed by atoms with Crippen molar-refractivity contribution in [3.05, 3.63) is 0 Å². The molecular weight excluding hydrogens is 184 g/mol. The summed E-state index contributed by atoms with van der Waals surface area (Å²) in [4.78, 5) is 2.61. The lowest BCUT2D eigenvalue weighted by Gasteiger charge is -2.41. The molecule has 2 heteroatoms. The summed E-state index contributed by atoms with van der Waals surface area (Å²) in [7, 11) is 0. The van der Waals surface area contributed by atoms with Gasteiger partial charge in [-0.25, -0.2) is 0 Å². The highest BCUT2D eigenvalue weighted by molar-refractivity contribution is 4.82. The van der Waals surface area contributed by atoms with Gasteiger partial charge in [0.15, 0.2) is 0 Å². The predicted molar refractivity (Wildman–Crippen MR) is 66.9 cm³/mol. The van der Waals surface area contributed by atoms with Crippen LogP contribution in [0.3, 0.4) is 0 Å². The quantitative estimate of drug-likeness (QED) is 0.779. The van der Waals surface area contributed by atoms with E-state index in [1.165, 1.54) is 25.9 Å². The van der Waals surface area contributed by atoms with Crippen LogP contribution in [0.25, 0.3) is 0 Å². The summed E-state index contributed by atoms with van der Waals surface area (Å²) in [5.41, 5.74) is 6.10. The molecule has 0 radical (unpaired) electrons. The molecule has 0 amide bonds. The van der Waals surface area contributed by atoms with E-state index in [-0.39, 0.29) is 0 Å². The van der Waals surface area contributed by atoms with E-state index in [4.69, 9.17) is 5.73 Å². The molecule has 0 saturated carbocycles. The SMILES string of the molecule is CC(CCN)N1CCC(C(C)(C)C)CC1. The minimum Gasteiger partial charge on any atom is -0.330 e. The van der Waals surface area contributed by atoms with E-state index in [1.54, 1.807) is 0 Å². The molecule has 0 aromatic carbocycles. The molecule has 2 N–H and O–H groups in total. The van der Waals surface area contributed by atoms with Crippen molar-refractivity contribution in [3.8, 4) is 0 Å². The van der Waals surface area contributed by atoms with Gasteiger partial charge >= 0.3 is 0 Å². The first-order valence-corrected chi connectivity index (χ1v) is 6.39. The molecule has 1 unspecified atom stereocenters. The molecular formula is C13H28N2. The van der Waals surface area contributed by atoms with Crippen LogP contribution in [0.1, 0.15) is 47.0 Å². The minimum atomic E-state index is 0.489. The van der Waals surface area contributed by atoms with Gasteiger partial charge in [-0.3, -0.25) is 0 Å². The number of piperidine rings is 1. The second-order valence-electron chi connectivity index (χ2n) is 6.10. The maximum Gasteiger partial charge on any atom is 0.00789 e. The first-order valence-electron chi connectivity index (χ1n) is 6.39. The molecule has 1 aliphatic heterocycles. The molecule has 90 valence electrons. The molecule has 1 fully saturated rings. The normalized spacial score (nSPS) is 23.0. The van der Waals surface area contributed by atoms with E-state index in [9.17, 15) is 0 Å². The fourth-order valence-corrected chi connectivity index (χ4v) is 2.63. The number of hydrogen-bond donors (Lipinski definition) is 1. The van der Waals surface area contributed by atoms with Gasteiger partial charge in [0.25, 0.3) is 0 Å². The highest BCUT2D eigenvalue weighted by Gasteiger charge is 2.29. The standard InChI is InChI=1S/C13H28N2/c1-11(5-8-14)15-9-6-12(7-10-15)13(2,3)4/h11-12H,5-10,14H2,1-4H3. The van der Waals surface area contributed by atoms with Gasteiger partial charge in [0.05, 0.1) is 0 Å². The van der Waals surface area contributed by atoms with Gasteiger partial charge in [-0.2, -0.15) is 0 Å². The Kier molecular flexibility index (Phi) is 4.60. The Balaban J connectivity index is 2.36. The van der Waals surface area contributed by atoms with Crippen LogP contribution >= 0.6 is 0 Å². The first kappa shape index (κ1) is 13.0. The van der Waals surface area contributed by atoms with Crippen LogP contribution in [0.5, 0.6) is 0 Å². The van der Waals surface area contributed by atoms with Crippen molar-refractivity contribution in [1.82, 2.24) is 4.90 Å². The maximum atomic E-state index is 5.61. The zero-order chi connectivity index (χ0) is 11.5. The van der Waals surface area contributed by atoms with Crippen LogP contribution in [-0.2, 0) is 0 Å². The van der Waals surface area contributed by atoms with Crippen LogP contribution in [0.15, 0.2) is 0 Å². The molecule has 15 heavy (non-hydrogen) atoms. The van der Waals surface area contributed by atoms with Gasteiger partial charge in [0.1, 0.15) is 0 Å². The summed E-state index contributed by atoms with van der Waals surface area (Å²) in [5.74, 6) is 0.902. The monoisotopic (exact) mass is 212 g/mol. The molecule has 1 saturated heterocycles. The molecule has 1 heterocycles. The third-order valence-corrected chi connectivity index (χ3v) is 3.96. The second kappa shape index (κ2) is 5.31.